The number of rotatable bonds is 10. The van der Waals surface area contributed by atoms with Gasteiger partial charge in [-0.3, -0.25) is 0 Å². The molecule has 5 atom stereocenters. The van der Waals surface area contributed by atoms with E-state index in [0.29, 0.717) is 13.0 Å². The SMILES string of the molecule is CC(C)CN(C[C@@H](O)[C@H](Cc1ccccc1)NC(=O)OC1COC2OCCC12)S(C)(=O)=O. The number of aliphatic hydroxyl groups is 1. The molecule has 2 fully saturated rings. The number of carbonyl (C=O) groups excluding carboxylic acids is 1. The number of nitrogens with zero attached hydrogens (tertiary/aromatic N) is 1. The van der Waals surface area contributed by atoms with Gasteiger partial charge in [0.15, 0.2) is 6.29 Å². The van der Waals surface area contributed by atoms with Crippen molar-refractivity contribution in [1.82, 2.24) is 9.62 Å². The minimum absolute atomic E-state index is 0.00464. The molecule has 2 aliphatic heterocycles. The van der Waals surface area contributed by atoms with E-state index in [-0.39, 0.29) is 37.8 Å². The van der Waals surface area contributed by atoms with Crippen molar-refractivity contribution in [3.8, 4) is 0 Å². The Bertz CT molecular complexity index is 849. The van der Waals surface area contributed by atoms with Crippen LogP contribution in [0.1, 0.15) is 25.8 Å². The van der Waals surface area contributed by atoms with Crippen molar-refractivity contribution >= 4 is 16.1 Å². The van der Waals surface area contributed by atoms with E-state index in [2.05, 4.69) is 5.32 Å². The third kappa shape index (κ3) is 6.89. The minimum atomic E-state index is -3.52. The third-order valence-corrected chi connectivity index (χ3v) is 6.97. The normalized spacial score (nSPS) is 25.0. The first-order valence-electron chi connectivity index (χ1n) is 11.0. The second-order valence-corrected chi connectivity index (χ2v) is 10.9. The molecule has 0 saturated carbocycles. The van der Waals surface area contributed by atoms with Gasteiger partial charge in [-0.1, -0.05) is 44.2 Å². The van der Waals surface area contributed by atoms with E-state index in [0.717, 1.165) is 18.2 Å². The van der Waals surface area contributed by atoms with Crippen molar-refractivity contribution in [3.05, 3.63) is 35.9 Å². The van der Waals surface area contributed by atoms with Crippen LogP contribution in [0.25, 0.3) is 0 Å². The average Bonchev–Trinajstić information content (AvgIpc) is 3.32. The quantitative estimate of drug-likeness (QED) is 0.531. The summed E-state index contributed by atoms with van der Waals surface area (Å²) in [7, 11) is -3.52. The van der Waals surface area contributed by atoms with Gasteiger partial charge in [-0.05, 0) is 24.3 Å². The minimum Gasteiger partial charge on any atom is -0.443 e. The van der Waals surface area contributed by atoms with Crippen LogP contribution in [0.2, 0.25) is 0 Å². The maximum absolute atomic E-state index is 12.7. The van der Waals surface area contributed by atoms with Gasteiger partial charge in [0.05, 0.1) is 37.5 Å². The molecule has 2 N–H and O–H groups in total. The van der Waals surface area contributed by atoms with Crippen LogP contribution >= 0.6 is 0 Å². The van der Waals surface area contributed by atoms with Crippen molar-refractivity contribution in [3.63, 3.8) is 0 Å². The number of hydrogen-bond donors (Lipinski definition) is 2. The van der Waals surface area contributed by atoms with Crippen LogP contribution in [0.15, 0.2) is 30.3 Å². The first kappa shape index (κ1) is 24.9. The molecule has 2 saturated heterocycles. The number of carbonyl (C=O) groups is 1. The molecule has 0 aromatic heterocycles. The number of aliphatic hydroxyl groups excluding tert-OH is 1. The van der Waals surface area contributed by atoms with Gasteiger partial charge in [0.2, 0.25) is 10.0 Å². The number of fused-ring (bicyclic) bond motifs is 1. The van der Waals surface area contributed by atoms with E-state index < -0.39 is 34.4 Å². The maximum Gasteiger partial charge on any atom is 0.407 e. The van der Waals surface area contributed by atoms with Gasteiger partial charge in [-0.2, -0.15) is 4.31 Å². The number of ether oxygens (including phenoxy) is 3. The van der Waals surface area contributed by atoms with E-state index in [9.17, 15) is 18.3 Å². The smallest absolute Gasteiger partial charge is 0.407 e. The van der Waals surface area contributed by atoms with Crippen LogP contribution in [0.3, 0.4) is 0 Å². The predicted molar refractivity (Wildman–Crippen MR) is 118 cm³/mol. The summed E-state index contributed by atoms with van der Waals surface area (Å²) in [6.45, 7) is 4.81. The molecule has 0 radical (unpaired) electrons. The summed E-state index contributed by atoms with van der Waals surface area (Å²) in [5.41, 5.74) is 0.903. The molecular formula is C22H34N2O7S. The number of amides is 1. The summed E-state index contributed by atoms with van der Waals surface area (Å²) in [5, 5.41) is 13.7. The Hall–Kier alpha value is -1.72. The fourth-order valence-electron chi connectivity index (χ4n) is 4.11. The molecule has 180 valence electrons. The lowest BCUT2D eigenvalue weighted by Crippen LogP contribution is -2.51. The lowest BCUT2D eigenvalue weighted by atomic mass is 10.0. The Balaban J connectivity index is 1.68. The second kappa shape index (κ2) is 10.9. The first-order valence-corrected chi connectivity index (χ1v) is 12.9. The number of hydrogen-bond acceptors (Lipinski definition) is 7. The molecule has 1 amide bonds. The number of benzene rings is 1. The lowest BCUT2D eigenvalue weighted by Gasteiger charge is -2.30. The monoisotopic (exact) mass is 470 g/mol. The van der Waals surface area contributed by atoms with Crippen molar-refractivity contribution < 1.29 is 32.5 Å². The van der Waals surface area contributed by atoms with Gasteiger partial charge < -0.3 is 24.6 Å². The summed E-state index contributed by atoms with van der Waals surface area (Å²) >= 11 is 0. The summed E-state index contributed by atoms with van der Waals surface area (Å²) < 4.78 is 42.2. The van der Waals surface area contributed by atoms with Crippen molar-refractivity contribution in [2.24, 2.45) is 11.8 Å². The molecule has 3 rings (SSSR count). The second-order valence-electron chi connectivity index (χ2n) is 8.95. The van der Waals surface area contributed by atoms with Gasteiger partial charge in [0.25, 0.3) is 0 Å². The number of nitrogens with one attached hydrogen (secondary N) is 1. The highest BCUT2D eigenvalue weighted by Gasteiger charge is 2.44. The highest BCUT2D eigenvalue weighted by molar-refractivity contribution is 7.88. The summed E-state index contributed by atoms with van der Waals surface area (Å²) in [5.74, 6) is 0.0939. The molecule has 2 heterocycles. The van der Waals surface area contributed by atoms with Crippen LogP contribution < -0.4 is 5.32 Å². The third-order valence-electron chi connectivity index (χ3n) is 5.74. The van der Waals surface area contributed by atoms with Crippen LogP contribution in [0.4, 0.5) is 4.79 Å². The molecule has 32 heavy (non-hydrogen) atoms. The highest BCUT2D eigenvalue weighted by atomic mass is 32.2. The van der Waals surface area contributed by atoms with E-state index in [1.165, 1.54) is 4.31 Å². The van der Waals surface area contributed by atoms with Crippen LogP contribution in [-0.2, 0) is 30.7 Å². The molecule has 0 spiro atoms. The predicted octanol–water partition coefficient (Wildman–Crippen LogP) is 1.36. The van der Waals surface area contributed by atoms with Gasteiger partial charge in [-0.15, -0.1) is 0 Å². The zero-order valence-corrected chi connectivity index (χ0v) is 19.7. The largest absolute Gasteiger partial charge is 0.443 e. The Labute approximate surface area is 190 Å². The molecule has 0 bridgehead atoms. The Morgan fingerprint density at radius 2 is 1.97 bits per heavy atom. The van der Waals surface area contributed by atoms with E-state index >= 15 is 0 Å². The Kier molecular flexibility index (Phi) is 8.51. The zero-order valence-electron chi connectivity index (χ0n) is 18.8. The van der Waals surface area contributed by atoms with Crippen molar-refractivity contribution in [2.45, 2.75) is 51.2 Å². The van der Waals surface area contributed by atoms with Crippen molar-refractivity contribution in [2.75, 3.05) is 32.6 Å². The van der Waals surface area contributed by atoms with E-state index in [1.807, 2.05) is 44.2 Å². The van der Waals surface area contributed by atoms with Gasteiger partial charge in [0, 0.05) is 13.1 Å². The fourth-order valence-corrected chi connectivity index (χ4v) is 5.10. The standard InChI is InChI=1S/C22H34N2O7S/c1-15(2)12-24(32(3,27)28)13-19(25)18(11-16-7-5-4-6-8-16)23-22(26)31-20-14-30-21-17(20)9-10-29-21/h4-8,15,17-21,25H,9-14H2,1-3H3,(H,23,26)/t17?,18-,19+,20?,21?/m0/s1. The first-order chi connectivity index (χ1) is 15.1. The number of sulfonamides is 1. The summed E-state index contributed by atoms with van der Waals surface area (Å²) in [4.78, 5) is 12.7. The van der Waals surface area contributed by atoms with Crippen LogP contribution in [-0.4, -0.2) is 81.0 Å². The van der Waals surface area contributed by atoms with Crippen molar-refractivity contribution in [1.29, 1.82) is 0 Å². The van der Waals surface area contributed by atoms with E-state index in [1.54, 1.807) is 0 Å². The molecule has 1 aromatic rings. The molecule has 9 nitrogen and oxygen atoms in total. The fraction of sp³-hybridized carbons (Fsp3) is 0.682. The lowest BCUT2D eigenvalue weighted by molar-refractivity contribution is -0.0907. The van der Waals surface area contributed by atoms with Gasteiger partial charge in [0.1, 0.15) is 6.10 Å². The molecule has 3 unspecified atom stereocenters. The van der Waals surface area contributed by atoms with Gasteiger partial charge >= 0.3 is 6.09 Å². The average molecular weight is 471 g/mol. The Morgan fingerprint density at radius 3 is 2.62 bits per heavy atom. The molecule has 1 aromatic carbocycles. The van der Waals surface area contributed by atoms with Crippen LogP contribution in [0, 0.1) is 11.8 Å². The summed E-state index contributed by atoms with van der Waals surface area (Å²) in [6.07, 6.45) is -0.331. The number of alkyl carbamates (subject to hydrolysis) is 1. The van der Waals surface area contributed by atoms with Gasteiger partial charge in [-0.25, -0.2) is 13.2 Å². The maximum atomic E-state index is 12.7. The molecule has 10 heteroatoms. The topological polar surface area (TPSA) is 114 Å². The Morgan fingerprint density at radius 1 is 1.25 bits per heavy atom. The molecular weight excluding hydrogens is 436 g/mol. The highest BCUT2D eigenvalue weighted by Crippen LogP contribution is 2.33. The summed E-state index contributed by atoms with van der Waals surface area (Å²) in [6, 6.07) is 8.66. The van der Waals surface area contributed by atoms with Crippen LogP contribution in [0.5, 0.6) is 0 Å². The molecule has 2 aliphatic rings. The van der Waals surface area contributed by atoms with E-state index in [4.69, 9.17) is 14.2 Å². The zero-order chi connectivity index (χ0) is 23.3. The molecule has 0 aliphatic carbocycles.